The van der Waals surface area contributed by atoms with Crippen LogP contribution in [0.25, 0.3) is 0 Å². The molecule has 0 saturated carbocycles. The highest BCUT2D eigenvalue weighted by Crippen LogP contribution is 2.30. The van der Waals surface area contributed by atoms with Crippen LogP contribution in [0, 0.1) is 0 Å². The van der Waals surface area contributed by atoms with E-state index in [2.05, 4.69) is 19.7 Å². The Morgan fingerprint density at radius 2 is 1.93 bits per heavy atom. The van der Waals surface area contributed by atoms with Crippen LogP contribution in [-0.4, -0.2) is 68.2 Å². The van der Waals surface area contributed by atoms with E-state index in [0.717, 1.165) is 24.5 Å². The van der Waals surface area contributed by atoms with E-state index >= 15 is 0 Å². The summed E-state index contributed by atoms with van der Waals surface area (Å²) in [6.07, 6.45) is 1.48. The van der Waals surface area contributed by atoms with Crippen molar-refractivity contribution >= 4 is 27.3 Å². The van der Waals surface area contributed by atoms with Gasteiger partial charge < -0.3 is 9.47 Å². The van der Waals surface area contributed by atoms with Crippen molar-refractivity contribution < 1.29 is 13.2 Å². The van der Waals surface area contributed by atoms with Gasteiger partial charge in [-0.05, 0) is 26.7 Å². The highest BCUT2D eigenvalue weighted by Gasteiger charge is 2.34. The zero-order chi connectivity index (χ0) is 19.9. The molecular formula is C17H24N6O3S2. The smallest absolute Gasteiger partial charge is 0.273 e. The Labute approximate surface area is 168 Å². The minimum Gasteiger partial charge on any atom is -0.328 e. The molecule has 0 spiro atoms. The molecule has 11 heteroatoms. The molecule has 0 N–H and O–H groups in total. The zero-order valence-corrected chi connectivity index (χ0v) is 17.6. The SMILES string of the molecule is CC(C)S(=O)(=O)N1CCC(c2nnc3n2CCN(C(=O)c2cscn2)C3)CC1. The fourth-order valence-electron chi connectivity index (χ4n) is 3.80. The van der Waals surface area contributed by atoms with Gasteiger partial charge in [0, 0.05) is 37.5 Å². The Hall–Kier alpha value is -1.85. The maximum absolute atomic E-state index is 12.5. The van der Waals surface area contributed by atoms with Crippen LogP contribution in [0.3, 0.4) is 0 Å². The number of hydrogen-bond donors (Lipinski definition) is 0. The molecule has 0 unspecified atom stereocenters. The van der Waals surface area contributed by atoms with E-state index in [1.165, 1.54) is 11.3 Å². The number of fused-ring (bicyclic) bond motifs is 1. The van der Waals surface area contributed by atoms with Crippen LogP contribution < -0.4 is 0 Å². The lowest BCUT2D eigenvalue weighted by atomic mass is 9.97. The average molecular weight is 425 g/mol. The van der Waals surface area contributed by atoms with Crippen LogP contribution in [0.15, 0.2) is 10.9 Å². The molecule has 1 amide bonds. The van der Waals surface area contributed by atoms with Gasteiger partial charge in [-0.1, -0.05) is 0 Å². The monoisotopic (exact) mass is 424 g/mol. The lowest BCUT2D eigenvalue weighted by molar-refractivity contribution is 0.0700. The molecule has 0 bridgehead atoms. The molecule has 152 valence electrons. The Morgan fingerprint density at radius 1 is 1.18 bits per heavy atom. The van der Waals surface area contributed by atoms with Gasteiger partial charge >= 0.3 is 0 Å². The minimum absolute atomic E-state index is 0.0794. The lowest BCUT2D eigenvalue weighted by Crippen LogP contribution is -2.42. The third-order valence-electron chi connectivity index (χ3n) is 5.50. The predicted molar refractivity (Wildman–Crippen MR) is 104 cm³/mol. The number of aromatic nitrogens is 4. The number of carbonyl (C=O) groups excluding carboxylic acids is 1. The van der Waals surface area contributed by atoms with Gasteiger partial charge in [-0.3, -0.25) is 4.79 Å². The van der Waals surface area contributed by atoms with Gasteiger partial charge in [-0.15, -0.1) is 21.5 Å². The number of thiazole rings is 1. The van der Waals surface area contributed by atoms with E-state index < -0.39 is 15.3 Å². The van der Waals surface area contributed by atoms with E-state index in [4.69, 9.17) is 0 Å². The van der Waals surface area contributed by atoms with E-state index in [0.29, 0.717) is 38.4 Å². The first-order chi connectivity index (χ1) is 13.4. The first-order valence-corrected chi connectivity index (χ1v) is 11.9. The van der Waals surface area contributed by atoms with Crippen LogP contribution in [0.1, 0.15) is 54.7 Å². The van der Waals surface area contributed by atoms with E-state index in [1.807, 2.05) is 0 Å². The maximum Gasteiger partial charge on any atom is 0.273 e. The highest BCUT2D eigenvalue weighted by molar-refractivity contribution is 7.89. The molecule has 2 aliphatic heterocycles. The van der Waals surface area contributed by atoms with Crippen molar-refractivity contribution in [2.75, 3.05) is 19.6 Å². The first kappa shape index (κ1) is 19.5. The predicted octanol–water partition coefficient (Wildman–Crippen LogP) is 1.31. The summed E-state index contributed by atoms with van der Waals surface area (Å²) >= 11 is 1.41. The van der Waals surface area contributed by atoms with Crippen molar-refractivity contribution in [2.24, 2.45) is 0 Å². The normalized spacial score (nSPS) is 19.2. The average Bonchev–Trinajstić information content (AvgIpc) is 3.37. The van der Waals surface area contributed by atoms with Gasteiger partial charge in [0.15, 0.2) is 5.82 Å². The van der Waals surface area contributed by atoms with Crippen molar-refractivity contribution in [1.29, 1.82) is 0 Å². The molecule has 0 radical (unpaired) electrons. The number of sulfonamides is 1. The van der Waals surface area contributed by atoms with Crippen molar-refractivity contribution in [1.82, 2.24) is 29.0 Å². The Balaban J connectivity index is 1.44. The molecule has 2 aromatic heterocycles. The fraction of sp³-hybridized carbons (Fsp3) is 0.647. The molecule has 0 aromatic carbocycles. The van der Waals surface area contributed by atoms with Crippen LogP contribution in [-0.2, 0) is 23.1 Å². The Kier molecular flexibility index (Phi) is 5.23. The quantitative estimate of drug-likeness (QED) is 0.733. The molecule has 2 aliphatic rings. The Morgan fingerprint density at radius 3 is 2.57 bits per heavy atom. The van der Waals surface area contributed by atoms with Crippen LogP contribution in [0.4, 0.5) is 0 Å². The fourth-order valence-corrected chi connectivity index (χ4v) is 5.64. The molecule has 4 rings (SSSR count). The molecule has 1 saturated heterocycles. The van der Waals surface area contributed by atoms with Gasteiger partial charge in [-0.2, -0.15) is 0 Å². The van der Waals surface area contributed by atoms with Crippen molar-refractivity contribution in [3.63, 3.8) is 0 Å². The van der Waals surface area contributed by atoms with Gasteiger partial charge in [0.05, 0.1) is 17.3 Å². The van der Waals surface area contributed by atoms with Gasteiger partial charge in [0.2, 0.25) is 10.0 Å². The number of rotatable bonds is 4. The summed E-state index contributed by atoms with van der Waals surface area (Å²) in [7, 11) is -3.21. The number of amides is 1. The number of hydrogen-bond acceptors (Lipinski definition) is 7. The van der Waals surface area contributed by atoms with Crippen LogP contribution >= 0.6 is 11.3 Å². The summed E-state index contributed by atoms with van der Waals surface area (Å²) in [5.41, 5.74) is 2.13. The summed E-state index contributed by atoms with van der Waals surface area (Å²) < 4.78 is 28.4. The summed E-state index contributed by atoms with van der Waals surface area (Å²) in [6.45, 7) is 6.13. The first-order valence-electron chi connectivity index (χ1n) is 9.46. The second-order valence-electron chi connectivity index (χ2n) is 7.49. The van der Waals surface area contributed by atoms with E-state index in [9.17, 15) is 13.2 Å². The zero-order valence-electron chi connectivity index (χ0n) is 16.0. The Bertz CT molecular complexity index is 946. The van der Waals surface area contributed by atoms with Gasteiger partial charge in [0.25, 0.3) is 5.91 Å². The number of piperidine rings is 1. The molecule has 0 aliphatic carbocycles. The van der Waals surface area contributed by atoms with E-state index in [-0.39, 0.29) is 11.8 Å². The van der Waals surface area contributed by atoms with Crippen molar-refractivity contribution in [3.8, 4) is 0 Å². The molecule has 9 nitrogen and oxygen atoms in total. The number of nitrogens with zero attached hydrogens (tertiary/aromatic N) is 6. The largest absolute Gasteiger partial charge is 0.328 e. The van der Waals surface area contributed by atoms with Gasteiger partial charge in [0.1, 0.15) is 11.5 Å². The third-order valence-corrected chi connectivity index (χ3v) is 8.36. The lowest BCUT2D eigenvalue weighted by Gasteiger charge is -2.33. The van der Waals surface area contributed by atoms with Crippen molar-refractivity contribution in [2.45, 2.75) is 50.9 Å². The second-order valence-corrected chi connectivity index (χ2v) is 10.7. The van der Waals surface area contributed by atoms with Crippen LogP contribution in [0.5, 0.6) is 0 Å². The summed E-state index contributed by atoms with van der Waals surface area (Å²) in [5.74, 6) is 1.81. The van der Waals surface area contributed by atoms with E-state index in [1.54, 1.807) is 33.9 Å². The second kappa shape index (κ2) is 7.53. The highest BCUT2D eigenvalue weighted by atomic mass is 32.2. The standard InChI is InChI=1S/C17H24N6O3S2/c1-12(2)28(25,26)22-5-3-13(4-6-22)16-20-19-15-9-21(7-8-23(15)16)17(24)14-10-27-11-18-14/h10-13H,3-9H2,1-2H3. The summed E-state index contributed by atoms with van der Waals surface area (Å²) in [5, 5.41) is 10.1. The van der Waals surface area contributed by atoms with Gasteiger partial charge in [-0.25, -0.2) is 17.7 Å². The molecule has 1 fully saturated rings. The number of carbonyl (C=O) groups is 1. The minimum atomic E-state index is -3.21. The molecule has 2 aromatic rings. The molecular weight excluding hydrogens is 400 g/mol. The summed E-state index contributed by atoms with van der Waals surface area (Å²) in [4.78, 5) is 18.4. The molecule has 4 heterocycles. The molecule has 0 atom stereocenters. The molecule has 28 heavy (non-hydrogen) atoms. The topological polar surface area (TPSA) is 101 Å². The maximum atomic E-state index is 12.5. The third kappa shape index (κ3) is 3.46. The van der Waals surface area contributed by atoms with Crippen LogP contribution in [0.2, 0.25) is 0 Å². The van der Waals surface area contributed by atoms with Crippen molar-refractivity contribution in [3.05, 3.63) is 28.2 Å². The summed E-state index contributed by atoms with van der Waals surface area (Å²) in [6, 6.07) is 0.